The van der Waals surface area contributed by atoms with Gasteiger partial charge in [0.05, 0.1) is 18.7 Å². The van der Waals surface area contributed by atoms with Crippen LogP contribution in [0, 0.1) is 0 Å². The van der Waals surface area contributed by atoms with E-state index in [9.17, 15) is 0 Å². The van der Waals surface area contributed by atoms with Crippen LogP contribution in [0.5, 0.6) is 0 Å². The Labute approximate surface area is 204 Å². The van der Waals surface area contributed by atoms with Crippen LogP contribution in [-0.4, -0.2) is 81.5 Å². The third kappa shape index (κ3) is 8.98. The molecule has 1 aliphatic rings. The minimum Gasteiger partial charge on any atom is -0.385 e. The van der Waals surface area contributed by atoms with Gasteiger partial charge in [0.1, 0.15) is 0 Å². The van der Waals surface area contributed by atoms with E-state index < -0.39 is 0 Å². The van der Waals surface area contributed by atoms with E-state index in [0.717, 1.165) is 77.7 Å². The first kappa shape index (κ1) is 27.6. The second-order valence-electron chi connectivity index (χ2n) is 7.39. The van der Waals surface area contributed by atoms with Crippen LogP contribution in [0.2, 0.25) is 0 Å². The van der Waals surface area contributed by atoms with E-state index in [1.165, 1.54) is 5.56 Å². The van der Waals surface area contributed by atoms with Gasteiger partial charge in [-0.3, -0.25) is 9.89 Å². The summed E-state index contributed by atoms with van der Waals surface area (Å²) in [5.41, 5.74) is 1.38. The number of rotatable bonds is 12. The average molecular weight is 553 g/mol. The van der Waals surface area contributed by atoms with Crippen molar-refractivity contribution in [1.29, 1.82) is 0 Å². The van der Waals surface area contributed by atoms with Crippen LogP contribution in [0.25, 0.3) is 0 Å². The number of aliphatic imine (C=N–C) groups is 1. The van der Waals surface area contributed by atoms with Crippen molar-refractivity contribution in [2.75, 3.05) is 59.6 Å². The monoisotopic (exact) mass is 552 g/mol. The molecule has 0 bridgehead atoms. The molecule has 0 saturated carbocycles. The van der Waals surface area contributed by atoms with Crippen LogP contribution in [0.4, 0.5) is 0 Å². The molecule has 0 amide bonds. The van der Waals surface area contributed by atoms with Crippen molar-refractivity contribution in [3.8, 4) is 0 Å². The predicted octanol–water partition coefficient (Wildman–Crippen LogP) is 4.23. The lowest BCUT2D eigenvalue weighted by Crippen LogP contribution is -2.47. The molecule has 174 valence electrons. The third-order valence-corrected chi connectivity index (χ3v) is 6.22. The second kappa shape index (κ2) is 16.2. The van der Waals surface area contributed by atoms with Crippen molar-refractivity contribution >= 4 is 41.3 Å². The summed E-state index contributed by atoms with van der Waals surface area (Å²) in [5, 5.41) is 7.93. The van der Waals surface area contributed by atoms with Gasteiger partial charge in [0.2, 0.25) is 0 Å². The van der Waals surface area contributed by atoms with Crippen LogP contribution < -0.4 is 5.32 Å². The number of piperidine rings is 1. The molecule has 2 heterocycles. The van der Waals surface area contributed by atoms with E-state index in [1.807, 2.05) is 0 Å². The summed E-state index contributed by atoms with van der Waals surface area (Å²) >= 11 is 1.77. The lowest BCUT2D eigenvalue weighted by Gasteiger charge is -2.35. The number of ether oxygens (including phenoxy) is 2. The molecule has 0 aromatic carbocycles. The first-order chi connectivity index (χ1) is 14.2. The van der Waals surface area contributed by atoms with Crippen molar-refractivity contribution in [1.82, 2.24) is 15.1 Å². The highest BCUT2D eigenvalue weighted by Crippen LogP contribution is 2.23. The molecule has 0 spiro atoms. The van der Waals surface area contributed by atoms with Gasteiger partial charge in [-0.2, -0.15) is 11.3 Å². The Kier molecular flexibility index (Phi) is 15.0. The topological polar surface area (TPSA) is 49.3 Å². The van der Waals surface area contributed by atoms with Crippen LogP contribution in [0.3, 0.4) is 0 Å². The highest BCUT2D eigenvalue weighted by molar-refractivity contribution is 14.0. The van der Waals surface area contributed by atoms with Gasteiger partial charge in [0, 0.05) is 40.0 Å². The molecule has 1 aromatic rings. The molecular formula is C22H41IN4O2S. The Morgan fingerprint density at radius 2 is 2.00 bits per heavy atom. The molecule has 1 unspecified atom stereocenters. The van der Waals surface area contributed by atoms with Gasteiger partial charge < -0.3 is 19.7 Å². The van der Waals surface area contributed by atoms with Crippen molar-refractivity contribution in [3.05, 3.63) is 22.4 Å². The van der Waals surface area contributed by atoms with Gasteiger partial charge in [-0.25, -0.2) is 0 Å². The van der Waals surface area contributed by atoms with E-state index in [0.29, 0.717) is 12.1 Å². The van der Waals surface area contributed by atoms with Crippen molar-refractivity contribution in [3.63, 3.8) is 0 Å². The number of methoxy groups -OCH3 is 1. The largest absolute Gasteiger partial charge is 0.385 e. The SMILES string of the molecule is CCNC(=NCC(c1ccsc1)N(CC)CC)N1CCC(OCCCOC)CC1.I. The number of halogens is 1. The molecule has 1 aromatic heterocycles. The van der Waals surface area contributed by atoms with Gasteiger partial charge in [0.25, 0.3) is 0 Å². The van der Waals surface area contributed by atoms with E-state index in [-0.39, 0.29) is 24.0 Å². The highest BCUT2D eigenvalue weighted by Gasteiger charge is 2.23. The molecule has 8 heteroatoms. The minimum atomic E-state index is 0. The quantitative estimate of drug-likeness (QED) is 0.182. The first-order valence-corrected chi connectivity index (χ1v) is 12.1. The van der Waals surface area contributed by atoms with Gasteiger partial charge in [0.15, 0.2) is 5.96 Å². The molecule has 1 fully saturated rings. The zero-order chi connectivity index (χ0) is 20.9. The Hall–Kier alpha value is -0.420. The molecule has 6 nitrogen and oxygen atoms in total. The second-order valence-corrected chi connectivity index (χ2v) is 8.17. The zero-order valence-electron chi connectivity index (χ0n) is 19.1. The number of likely N-dealkylation sites (N-methyl/N-ethyl adjacent to an activating group) is 1. The summed E-state index contributed by atoms with van der Waals surface area (Å²) in [5.74, 6) is 1.04. The fourth-order valence-corrected chi connectivity index (χ4v) is 4.55. The number of nitrogens with one attached hydrogen (secondary N) is 1. The number of guanidine groups is 1. The van der Waals surface area contributed by atoms with Crippen molar-refractivity contribution < 1.29 is 9.47 Å². The molecule has 1 N–H and O–H groups in total. The first-order valence-electron chi connectivity index (χ1n) is 11.1. The third-order valence-electron chi connectivity index (χ3n) is 5.52. The molecule has 2 rings (SSSR count). The van der Waals surface area contributed by atoms with Crippen molar-refractivity contribution in [2.45, 2.75) is 52.2 Å². The molecular weight excluding hydrogens is 511 g/mol. The zero-order valence-corrected chi connectivity index (χ0v) is 22.3. The molecule has 0 radical (unpaired) electrons. The Bertz CT molecular complexity index is 561. The van der Waals surface area contributed by atoms with E-state index >= 15 is 0 Å². The molecule has 30 heavy (non-hydrogen) atoms. The Morgan fingerprint density at radius 3 is 2.57 bits per heavy atom. The molecule has 1 saturated heterocycles. The number of hydrogen-bond acceptors (Lipinski definition) is 5. The Morgan fingerprint density at radius 1 is 1.27 bits per heavy atom. The smallest absolute Gasteiger partial charge is 0.193 e. The predicted molar refractivity (Wildman–Crippen MR) is 138 cm³/mol. The molecule has 1 aliphatic heterocycles. The van der Waals surface area contributed by atoms with Gasteiger partial charge in [-0.05, 0) is 61.7 Å². The summed E-state index contributed by atoms with van der Waals surface area (Å²) in [7, 11) is 1.74. The lowest BCUT2D eigenvalue weighted by molar-refractivity contribution is 0.00988. The van der Waals surface area contributed by atoms with Gasteiger partial charge in [-0.1, -0.05) is 13.8 Å². The standard InChI is InChI=1S/C22H40N4O2S.HI/c1-5-23-22(26-12-9-20(10-13-26)28-15-8-14-27-4)24-17-21(25(6-2)7-3)19-11-16-29-18-19;/h11,16,18,20-21H,5-10,12-15,17H2,1-4H3,(H,23,24);1H. The lowest BCUT2D eigenvalue weighted by atomic mass is 10.1. The van der Waals surface area contributed by atoms with E-state index in [1.54, 1.807) is 18.4 Å². The summed E-state index contributed by atoms with van der Waals surface area (Å²) in [4.78, 5) is 9.95. The molecule has 1 atom stereocenters. The normalized spacial score (nSPS) is 16.6. The molecule has 0 aliphatic carbocycles. The van der Waals surface area contributed by atoms with Crippen LogP contribution in [0.15, 0.2) is 21.8 Å². The maximum atomic E-state index is 6.01. The fraction of sp³-hybridized carbons (Fsp3) is 0.773. The fourth-order valence-electron chi connectivity index (χ4n) is 3.85. The van der Waals surface area contributed by atoms with Crippen LogP contribution in [0.1, 0.15) is 51.6 Å². The van der Waals surface area contributed by atoms with E-state index in [2.05, 4.69) is 52.7 Å². The summed E-state index contributed by atoms with van der Waals surface area (Å²) < 4.78 is 11.1. The summed E-state index contributed by atoms with van der Waals surface area (Å²) in [6, 6.07) is 2.58. The maximum Gasteiger partial charge on any atom is 0.193 e. The number of likely N-dealkylation sites (tertiary alicyclic amines) is 1. The number of thiophene rings is 1. The number of hydrogen-bond donors (Lipinski definition) is 1. The van der Waals surface area contributed by atoms with Crippen LogP contribution >= 0.6 is 35.3 Å². The minimum absolute atomic E-state index is 0. The van der Waals surface area contributed by atoms with Crippen molar-refractivity contribution in [2.24, 2.45) is 4.99 Å². The summed E-state index contributed by atoms with van der Waals surface area (Å²) in [6.07, 6.45) is 3.44. The highest BCUT2D eigenvalue weighted by atomic mass is 127. The summed E-state index contributed by atoms with van der Waals surface area (Å²) in [6.45, 7) is 13.9. The number of nitrogens with zero attached hydrogens (tertiary/aromatic N) is 3. The van der Waals surface area contributed by atoms with Gasteiger partial charge in [-0.15, -0.1) is 24.0 Å². The van der Waals surface area contributed by atoms with E-state index in [4.69, 9.17) is 14.5 Å². The van der Waals surface area contributed by atoms with Gasteiger partial charge >= 0.3 is 0 Å². The van der Waals surface area contributed by atoms with Crippen LogP contribution in [-0.2, 0) is 9.47 Å². The Balaban J connectivity index is 0.00000450. The maximum absolute atomic E-state index is 6.01. The average Bonchev–Trinajstić information content (AvgIpc) is 3.28.